The normalized spacial score (nSPS) is 18.6. The summed E-state index contributed by atoms with van der Waals surface area (Å²) in [6.07, 6.45) is 2.54. The number of hydrogen-bond acceptors (Lipinski definition) is 7. The molecule has 4 atom stereocenters. The summed E-state index contributed by atoms with van der Waals surface area (Å²) in [6.45, 7) is 2.45. The van der Waals surface area contributed by atoms with Crippen molar-refractivity contribution in [3.8, 4) is 0 Å². The molecule has 0 saturated carbocycles. The van der Waals surface area contributed by atoms with E-state index in [9.17, 15) is 19.5 Å². The number of carbonyl (C=O) groups is 3. The standard InChI is InChI=1S/C21H32N4O4S2/c1-13(23-10-16(22)12-30)20(27)25-11-15-6-4-3-5-14(15)9-18(25)19(26)24-17(21(28)29)7-8-31-2/h3-6,13,16-18,23,30H,7-12,22H2,1-2H3,(H,24,26)(H,28,29)/t13-,16?,17?,18?/m0/s1. The third kappa shape index (κ3) is 7.13. The lowest BCUT2D eigenvalue weighted by atomic mass is 9.92. The Morgan fingerprint density at radius 1 is 1.32 bits per heavy atom. The van der Waals surface area contributed by atoms with Gasteiger partial charge in [0.05, 0.1) is 6.04 Å². The molecule has 1 aromatic carbocycles. The lowest BCUT2D eigenvalue weighted by Gasteiger charge is -2.38. The van der Waals surface area contributed by atoms with Gasteiger partial charge in [0.15, 0.2) is 0 Å². The number of aliphatic carboxylic acids is 1. The quantitative estimate of drug-likeness (QED) is 0.300. The van der Waals surface area contributed by atoms with Crippen LogP contribution in [0.2, 0.25) is 0 Å². The molecule has 0 aliphatic carbocycles. The number of thioether (sulfide) groups is 1. The fourth-order valence-electron chi connectivity index (χ4n) is 3.48. The molecule has 0 fully saturated rings. The van der Waals surface area contributed by atoms with Crippen LogP contribution >= 0.6 is 24.4 Å². The van der Waals surface area contributed by atoms with Gasteiger partial charge in [0.2, 0.25) is 11.8 Å². The van der Waals surface area contributed by atoms with Crippen molar-refractivity contribution in [2.45, 2.75) is 50.5 Å². The Hall–Kier alpha value is -1.75. The Balaban J connectivity index is 2.20. The first-order chi connectivity index (χ1) is 14.8. The third-order valence-corrected chi connectivity index (χ3v) is 6.46. The summed E-state index contributed by atoms with van der Waals surface area (Å²) in [4.78, 5) is 39.5. The van der Waals surface area contributed by atoms with Gasteiger partial charge in [0, 0.05) is 31.3 Å². The summed E-state index contributed by atoms with van der Waals surface area (Å²) >= 11 is 5.67. The molecule has 1 aromatic rings. The summed E-state index contributed by atoms with van der Waals surface area (Å²) in [5.41, 5.74) is 7.85. The van der Waals surface area contributed by atoms with Crippen molar-refractivity contribution < 1.29 is 19.5 Å². The maximum Gasteiger partial charge on any atom is 0.326 e. The Morgan fingerprint density at radius 2 is 2.00 bits per heavy atom. The van der Waals surface area contributed by atoms with E-state index in [4.69, 9.17) is 5.73 Å². The minimum atomic E-state index is -1.08. The first-order valence-corrected chi connectivity index (χ1v) is 12.3. The molecule has 0 radical (unpaired) electrons. The molecule has 0 spiro atoms. The Kier molecular flexibility index (Phi) is 10.1. The number of carboxylic acid groups (broad SMARTS) is 1. The topological polar surface area (TPSA) is 125 Å². The Bertz CT molecular complexity index is 780. The van der Waals surface area contributed by atoms with Crippen molar-refractivity contribution in [3.05, 3.63) is 35.4 Å². The van der Waals surface area contributed by atoms with Crippen LogP contribution in [-0.4, -0.2) is 76.3 Å². The number of nitrogens with one attached hydrogen (secondary N) is 2. The maximum absolute atomic E-state index is 13.2. The second-order valence-corrected chi connectivity index (χ2v) is 9.06. The number of amides is 2. The zero-order chi connectivity index (χ0) is 23.0. The number of hydrogen-bond donors (Lipinski definition) is 5. The summed E-state index contributed by atoms with van der Waals surface area (Å²) in [5, 5.41) is 15.2. The van der Waals surface area contributed by atoms with Crippen molar-refractivity contribution in [1.82, 2.24) is 15.5 Å². The predicted octanol–water partition coefficient (Wildman–Crippen LogP) is 0.498. The maximum atomic E-state index is 13.2. The van der Waals surface area contributed by atoms with E-state index >= 15 is 0 Å². The minimum absolute atomic E-state index is 0.187. The van der Waals surface area contributed by atoms with Crippen LogP contribution < -0.4 is 16.4 Å². The molecule has 0 bridgehead atoms. The van der Waals surface area contributed by atoms with Crippen molar-refractivity contribution in [2.75, 3.05) is 24.3 Å². The van der Waals surface area contributed by atoms with Crippen LogP contribution in [0.25, 0.3) is 0 Å². The van der Waals surface area contributed by atoms with E-state index in [0.29, 0.717) is 37.4 Å². The van der Waals surface area contributed by atoms with Crippen molar-refractivity contribution in [3.63, 3.8) is 0 Å². The number of nitrogens with zero attached hydrogens (tertiary/aromatic N) is 1. The summed E-state index contributed by atoms with van der Waals surface area (Å²) < 4.78 is 0. The minimum Gasteiger partial charge on any atom is -0.480 e. The van der Waals surface area contributed by atoms with E-state index in [2.05, 4.69) is 23.3 Å². The molecule has 2 rings (SSSR count). The Labute approximate surface area is 193 Å². The largest absolute Gasteiger partial charge is 0.480 e. The van der Waals surface area contributed by atoms with Gasteiger partial charge in [-0.2, -0.15) is 24.4 Å². The van der Waals surface area contributed by atoms with Gasteiger partial charge in [0.1, 0.15) is 12.1 Å². The van der Waals surface area contributed by atoms with E-state index in [1.165, 1.54) is 16.7 Å². The molecule has 172 valence electrons. The highest BCUT2D eigenvalue weighted by Crippen LogP contribution is 2.24. The number of thiol groups is 1. The summed E-state index contributed by atoms with van der Waals surface area (Å²) in [5.74, 6) is -0.651. The highest BCUT2D eigenvalue weighted by molar-refractivity contribution is 7.98. The molecule has 1 aliphatic heterocycles. The number of fused-ring (bicyclic) bond motifs is 1. The van der Waals surface area contributed by atoms with Crippen LogP contribution in [0.4, 0.5) is 0 Å². The second-order valence-electron chi connectivity index (χ2n) is 7.71. The fourth-order valence-corrected chi connectivity index (χ4v) is 4.08. The van der Waals surface area contributed by atoms with E-state index in [0.717, 1.165) is 11.1 Å². The molecule has 1 aliphatic rings. The lowest BCUT2D eigenvalue weighted by molar-refractivity contribution is -0.146. The monoisotopic (exact) mass is 468 g/mol. The van der Waals surface area contributed by atoms with Gasteiger partial charge < -0.3 is 26.4 Å². The molecular formula is C21H32N4O4S2. The van der Waals surface area contributed by atoms with Gasteiger partial charge in [-0.3, -0.25) is 9.59 Å². The third-order valence-electron chi connectivity index (χ3n) is 5.35. The van der Waals surface area contributed by atoms with E-state index in [1.54, 1.807) is 6.92 Å². The molecule has 8 nitrogen and oxygen atoms in total. The van der Waals surface area contributed by atoms with Gasteiger partial charge in [-0.1, -0.05) is 24.3 Å². The lowest BCUT2D eigenvalue weighted by Crippen LogP contribution is -2.58. The number of nitrogens with two attached hydrogens (primary N) is 1. The van der Waals surface area contributed by atoms with Gasteiger partial charge in [-0.25, -0.2) is 4.79 Å². The molecule has 0 aromatic heterocycles. The molecule has 2 amide bonds. The van der Waals surface area contributed by atoms with E-state index in [-0.39, 0.29) is 11.9 Å². The fraction of sp³-hybridized carbons (Fsp3) is 0.571. The van der Waals surface area contributed by atoms with Crippen LogP contribution in [-0.2, 0) is 27.3 Å². The molecule has 31 heavy (non-hydrogen) atoms. The van der Waals surface area contributed by atoms with Crippen molar-refractivity contribution in [2.24, 2.45) is 5.73 Å². The summed E-state index contributed by atoms with van der Waals surface area (Å²) in [7, 11) is 0. The Morgan fingerprint density at radius 3 is 2.61 bits per heavy atom. The molecule has 5 N–H and O–H groups in total. The molecule has 10 heteroatoms. The highest BCUT2D eigenvalue weighted by Gasteiger charge is 2.37. The van der Waals surface area contributed by atoms with Gasteiger partial charge >= 0.3 is 5.97 Å². The number of carbonyl (C=O) groups excluding carboxylic acids is 2. The zero-order valence-corrected chi connectivity index (χ0v) is 19.6. The van der Waals surface area contributed by atoms with Gasteiger partial charge in [-0.15, -0.1) is 0 Å². The SMILES string of the molecule is CSCCC(NC(=O)C1Cc2ccccc2CN1C(=O)[C@H](C)NCC(N)CS)C(=O)O. The van der Waals surface area contributed by atoms with Gasteiger partial charge in [0.25, 0.3) is 0 Å². The number of carboxylic acids is 1. The zero-order valence-electron chi connectivity index (χ0n) is 17.9. The first-order valence-electron chi connectivity index (χ1n) is 10.3. The molecular weight excluding hydrogens is 436 g/mol. The number of benzene rings is 1. The van der Waals surface area contributed by atoms with Crippen LogP contribution in [0.15, 0.2) is 24.3 Å². The first kappa shape index (κ1) is 25.5. The second kappa shape index (κ2) is 12.3. The van der Waals surface area contributed by atoms with E-state index < -0.39 is 30.0 Å². The smallest absolute Gasteiger partial charge is 0.326 e. The van der Waals surface area contributed by atoms with Crippen LogP contribution in [0, 0.1) is 0 Å². The highest BCUT2D eigenvalue weighted by atomic mass is 32.2. The average molecular weight is 469 g/mol. The average Bonchev–Trinajstić information content (AvgIpc) is 2.77. The van der Waals surface area contributed by atoms with Crippen LogP contribution in [0.3, 0.4) is 0 Å². The van der Waals surface area contributed by atoms with Crippen LogP contribution in [0.1, 0.15) is 24.5 Å². The number of rotatable bonds is 11. The van der Waals surface area contributed by atoms with Crippen LogP contribution in [0.5, 0.6) is 0 Å². The molecule has 3 unspecified atom stereocenters. The van der Waals surface area contributed by atoms with E-state index in [1.807, 2.05) is 30.5 Å². The van der Waals surface area contributed by atoms with Crippen molar-refractivity contribution >= 4 is 42.2 Å². The molecule has 1 heterocycles. The van der Waals surface area contributed by atoms with Gasteiger partial charge in [-0.05, 0) is 36.5 Å². The summed E-state index contributed by atoms with van der Waals surface area (Å²) in [6, 6.07) is 5.18. The molecule has 0 saturated heterocycles. The predicted molar refractivity (Wildman–Crippen MR) is 126 cm³/mol. The van der Waals surface area contributed by atoms with Crippen molar-refractivity contribution in [1.29, 1.82) is 0 Å².